The topological polar surface area (TPSA) is 43.2 Å². The van der Waals surface area contributed by atoms with Crippen molar-refractivity contribution in [2.75, 3.05) is 24.6 Å². The molecular weight excluding hydrogens is 264 g/mol. The normalized spacial score (nSPS) is 19.0. The molecule has 0 N–H and O–H groups in total. The zero-order valence-corrected chi connectivity index (χ0v) is 12.9. The van der Waals surface area contributed by atoms with Gasteiger partial charge in [0.1, 0.15) is 0 Å². The van der Waals surface area contributed by atoms with Crippen molar-refractivity contribution in [1.82, 2.24) is 14.8 Å². The van der Waals surface area contributed by atoms with Crippen LogP contribution in [-0.2, 0) is 11.3 Å². The Kier molecular flexibility index (Phi) is 3.92. The fourth-order valence-corrected chi connectivity index (χ4v) is 2.84. The van der Waals surface area contributed by atoms with Crippen LogP contribution in [0.4, 0.5) is 5.69 Å². The number of aryl methyl sites for hydroxylation is 3. The maximum Gasteiger partial charge on any atom is 0.0946 e. The molecule has 0 radical (unpaired) electrons. The summed E-state index contributed by atoms with van der Waals surface area (Å²) in [6.45, 7) is 9.52. The van der Waals surface area contributed by atoms with E-state index in [1.165, 1.54) is 11.4 Å². The number of ether oxygens (including phenoxy) is 1. The number of hydrogen-bond donors (Lipinski definition) is 0. The van der Waals surface area contributed by atoms with Crippen molar-refractivity contribution in [3.05, 3.63) is 41.5 Å². The molecule has 1 aliphatic heterocycles. The Morgan fingerprint density at radius 3 is 2.81 bits per heavy atom. The number of rotatable bonds is 3. The Labute approximate surface area is 125 Å². The lowest BCUT2D eigenvalue weighted by molar-refractivity contribution is 0.0270. The number of morpholine rings is 1. The second-order valence-electron chi connectivity index (χ2n) is 5.70. The van der Waals surface area contributed by atoms with E-state index in [2.05, 4.69) is 40.1 Å². The molecule has 1 aliphatic rings. The zero-order valence-electron chi connectivity index (χ0n) is 12.9. The molecule has 5 nitrogen and oxygen atoms in total. The van der Waals surface area contributed by atoms with Crippen LogP contribution in [0.15, 0.2) is 24.4 Å². The monoisotopic (exact) mass is 286 g/mol. The van der Waals surface area contributed by atoms with Gasteiger partial charge in [0, 0.05) is 36.4 Å². The number of anilines is 1. The summed E-state index contributed by atoms with van der Waals surface area (Å²) >= 11 is 0. The van der Waals surface area contributed by atoms with E-state index in [0.717, 1.165) is 37.6 Å². The predicted octanol–water partition coefficient (Wildman–Crippen LogP) is 2.11. The summed E-state index contributed by atoms with van der Waals surface area (Å²) in [5.74, 6) is 0. The van der Waals surface area contributed by atoms with Crippen molar-refractivity contribution in [3.8, 4) is 0 Å². The Balaban J connectivity index is 1.70. The summed E-state index contributed by atoms with van der Waals surface area (Å²) in [6.07, 6.45) is 2.04. The molecule has 0 aliphatic carbocycles. The average molecular weight is 286 g/mol. The molecule has 1 unspecified atom stereocenters. The summed E-state index contributed by atoms with van der Waals surface area (Å²) in [4.78, 5) is 6.63. The molecule has 0 aromatic carbocycles. The summed E-state index contributed by atoms with van der Waals surface area (Å²) in [5, 5.41) is 4.52. The van der Waals surface area contributed by atoms with Crippen molar-refractivity contribution >= 4 is 5.69 Å². The van der Waals surface area contributed by atoms with Crippen molar-refractivity contribution in [1.29, 1.82) is 0 Å². The summed E-state index contributed by atoms with van der Waals surface area (Å²) in [6, 6.07) is 6.30. The van der Waals surface area contributed by atoms with E-state index in [-0.39, 0.29) is 6.10 Å². The lowest BCUT2D eigenvalue weighted by atomic mass is 10.2. The first-order valence-corrected chi connectivity index (χ1v) is 7.42. The highest BCUT2D eigenvalue weighted by Crippen LogP contribution is 2.19. The molecule has 0 saturated carbocycles. The first-order valence-electron chi connectivity index (χ1n) is 7.42. The maximum atomic E-state index is 5.91. The van der Waals surface area contributed by atoms with Crippen LogP contribution >= 0.6 is 0 Å². The van der Waals surface area contributed by atoms with Crippen molar-refractivity contribution in [2.45, 2.75) is 33.4 Å². The fourth-order valence-electron chi connectivity index (χ4n) is 2.84. The minimum Gasteiger partial charge on any atom is -0.373 e. The average Bonchev–Trinajstić information content (AvgIpc) is 2.77. The van der Waals surface area contributed by atoms with Crippen LogP contribution in [0.2, 0.25) is 0 Å². The fraction of sp³-hybridized carbons (Fsp3) is 0.500. The van der Waals surface area contributed by atoms with Gasteiger partial charge in [-0.1, -0.05) is 0 Å². The molecule has 0 spiro atoms. The highest BCUT2D eigenvalue weighted by molar-refractivity contribution is 5.46. The van der Waals surface area contributed by atoms with Gasteiger partial charge in [0.05, 0.1) is 24.9 Å². The molecule has 2 aromatic rings. The van der Waals surface area contributed by atoms with Crippen molar-refractivity contribution in [3.63, 3.8) is 0 Å². The van der Waals surface area contributed by atoms with E-state index in [4.69, 9.17) is 4.74 Å². The van der Waals surface area contributed by atoms with Gasteiger partial charge in [-0.05, 0) is 39.0 Å². The minimum atomic E-state index is 0.172. The molecule has 5 heteroatoms. The first-order chi connectivity index (χ1) is 10.1. The number of pyridine rings is 1. The lowest BCUT2D eigenvalue weighted by Gasteiger charge is -2.34. The van der Waals surface area contributed by atoms with Gasteiger partial charge in [-0.25, -0.2) is 0 Å². The van der Waals surface area contributed by atoms with E-state index >= 15 is 0 Å². The molecule has 0 bridgehead atoms. The number of nitrogens with zero attached hydrogens (tertiary/aromatic N) is 4. The van der Waals surface area contributed by atoms with E-state index in [1.54, 1.807) is 0 Å². The van der Waals surface area contributed by atoms with Crippen LogP contribution in [0, 0.1) is 20.8 Å². The molecular formula is C16H22N4O. The largest absolute Gasteiger partial charge is 0.373 e. The highest BCUT2D eigenvalue weighted by atomic mass is 16.5. The summed E-state index contributed by atoms with van der Waals surface area (Å²) in [5.41, 5.74) is 4.52. The molecule has 3 rings (SSSR count). The molecule has 2 aromatic heterocycles. The molecule has 1 fully saturated rings. The second kappa shape index (κ2) is 5.85. The molecule has 1 atom stereocenters. The SMILES string of the molecule is Cc1cc(N2CCOC(Cn3nc(C)cc3C)C2)ccn1. The maximum absolute atomic E-state index is 5.91. The third-order valence-electron chi connectivity index (χ3n) is 3.86. The Morgan fingerprint density at radius 1 is 1.24 bits per heavy atom. The van der Waals surface area contributed by atoms with Gasteiger partial charge in [0.25, 0.3) is 0 Å². The third-order valence-corrected chi connectivity index (χ3v) is 3.86. The van der Waals surface area contributed by atoms with Crippen LogP contribution in [0.25, 0.3) is 0 Å². The van der Waals surface area contributed by atoms with Crippen LogP contribution < -0.4 is 4.90 Å². The third kappa shape index (κ3) is 3.24. The van der Waals surface area contributed by atoms with Crippen LogP contribution in [-0.4, -0.2) is 40.6 Å². The molecule has 1 saturated heterocycles. The number of hydrogen-bond acceptors (Lipinski definition) is 4. The van der Waals surface area contributed by atoms with E-state index in [1.807, 2.05) is 24.7 Å². The smallest absolute Gasteiger partial charge is 0.0946 e. The summed E-state index contributed by atoms with van der Waals surface area (Å²) < 4.78 is 7.95. The quantitative estimate of drug-likeness (QED) is 0.867. The van der Waals surface area contributed by atoms with E-state index < -0.39 is 0 Å². The van der Waals surface area contributed by atoms with E-state index in [0.29, 0.717) is 0 Å². The highest BCUT2D eigenvalue weighted by Gasteiger charge is 2.22. The zero-order chi connectivity index (χ0) is 14.8. The number of aromatic nitrogens is 3. The van der Waals surface area contributed by atoms with E-state index in [9.17, 15) is 0 Å². The second-order valence-corrected chi connectivity index (χ2v) is 5.70. The van der Waals surface area contributed by atoms with Gasteiger partial charge < -0.3 is 9.64 Å². The van der Waals surface area contributed by atoms with Crippen molar-refractivity contribution < 1.29 is 4.74 Å². The van der Waals surface area contributed by atoms with Gasteiger partial charge >= 0.3 is 0 Å². The van der Waals surface area contributed by atoms with Gasteiger partial charge in [-0.15, -0.1) is 0 Å². The summed E-state index contributed by atoms with van der Waals surface area (Å²) in [7, 11) is 0. The first kappa shape index (κ1) is 14.1. The molecule has 3 heterocycles. The molecule has 112 valence electrons. The van der Waals surface area contributed by atoms with Crippen LogP contribution in [0.3, 0.4) is 0 Å². The van der Waals surface area contributed by atoms with Crippen LogP contribution in [0.5, 0.6) is 0 Å². The Hall–Kier alpha value is -1.88. The lowest BCUT2D eigenvalue weighted by Crippen LogP contribution is -2.44. The molecule has 21 heavy (non-hydrogen) atoms. The van der Waals surface area contributed by atoms with Gasteiger partial charge in [-0.2, -0.15) is 5.10 Å². The van der Waals surface area contributed by atoms with Gasteiger partial charge in [0.15, 0.2) is 0 Å². The Bertz CT molecular complexity index is 622. The van der Waals surface area contributed by atoms with Gasteiger partial charge in [-0.3, -0.25) is 9.67 Å². The minimum absolute atomic E-state index is 0.172. The standard InChI is InChI=1S/C16H22N4O/c1-12-9-15(4-5-17-12)19-6-7-21-16(10-19)11-20-14(3)8-13(2)18-20/h4-5,8-9,16H,6-7,10-11H2,1-3H3. The predicted molar refractivity (Wildman–Crippen MR) is 82.6 cm³/mol. The molecule has 0 amide bonds. The van der Waals surface area contributed by atoms with Crippen molar-refractivity contribution in [2.24, 2.45) is 0 Å². The van der Waals surface area contributed by atoms with Gasteiger partial charge in [0.2, 0.25) is 0 Å². The van der Waals surface area contributed by atoms with Crippen LogP contribution in [0.1, 0.15) is 17.1 Å². The Morgan fingerprint density at radius 2 is 2.10 bits per heavy atom.